The Balaban J connectivity index is 1.52. The number of likely N-dealkylation sites (tertiary alicyclic amines) is 1. The van der Waals surface area contributed by atoms with Gasteiger partial charge in [-0.05, 0) is 61.7 Å². The van der Waals surface area contributed by atoms with Gasteiger partial charge in [-0.25, -0.2) is 0 Å². The van der Waals surface area contributed by atoms with Gasteiger partial charge in [-0.15, -0.1) is 6.58 Å². The van der Waals surface area contributed by atoms with E-state index >= 15 is 0 Å². The number of carbonyl (C=O) groups excluding carboxylic acids is 2. The van der Waals surface area contributed by atoms with Crippen LogP contribution in [-0.2, 0) is 11.0 Å². The molecule has 0 N–H and O–H groups in total. The molecule has 1 aromatic heterocycles. The van der Waals surface area contributed by atoms with E-state index in [1.807, 2.05) is 24.3 Å². The molecule has 1 atom stereocenters. The fourth-order valence-electron chi connectivity index (χ4n) is 4.21. The number of nitrogens with zero attached hydrogens (tertiary/aromatic N) is 4. The van der Waals surface area contributed by atoms with E-state index in [0.717, 1.165) is 35.0 Å². The van der Waals surface area contributed by atoms with Gasteiger partial charge in [0.05, 0.1) is 5.56 Å². The zero-order chi connectivity index (χ0) is 26.6. The number of halogens is 4. The van der Waals surface area contributed by atoms with E-state index in [1.165, 1.54) is 23.1 Å². The molecule has 4 rings (SSSR count). The SMILES string of the molecule is C=CCN(CC(=O)N1CCCCC1c1nc(-c2ccc(Br)cc2)no1)C(=O)c1cccc(C(F)(F)F)c1. The molecule has 1 aliphatic rings. The molecule has 0 radical (unpaired) electrons. The molecule has 194 valence electrons. The first-order valence-corrected chi connectivity index (χ1v) is 12.4. The van der Waals surface area contributed by atoms with Crippen molar-refractivity contribution in [2.24, 2.45) is 0 Å². The highest BCUT2D eigenvalue weighted by molar-refractivity contribution is 9.10. The first kappa shape index (κ1) is 26.6. The molecule has 2 amide bonds. The van der Waals surface area contributed by atoms with Crippen molar-refractivity contribution in [1.29, 1.82) is 0 Å². The minimum atomic E-state index is -4.59. The van der Waals surface area contributed by atoms with E-state index in [9.17, 15) is 22.8 Å². The van der Waals surface area contributed by atoms with E-state index in [-0.39, 0.29) is 24.6 Å². The number of benzene rings is 2. The van der Waals surface area contributed by atoms with Crippen molar-refractivity contribution in [2.75, 3.05) is 19.6 Å². The van der Waals surface area contributed by atoms with E-state index < -0.39 is 23.7 Å². The highest BCUT2D eigenvalue weighted by Crippen LogP contribution is 2.32. The Labute approximate surface area is 220 Å². The van der Waals surface area contributed by atoms with Gasteiger partial charge >= 0.3 is 6.18 Å². The van der Waals surface area contributed by atoms with Crippen molar-refractivity contribution < 1.29 is 27.3 Å². The Morgan fingerprint density at radius 3 is 2.65 bits per heavy atom. The quantitative estimate of drug-likeness (QED) is 0.327. The maximum absolute atomic E-state index is 13.4. The van der Waals surface area contributed by atoms with E-state index in [0.29, 0.717) is 24.7 Å². The van der Waals surface area contributed by atoms with Crippen molar-refractivity contribution in [3.8, 4) is 11.4 Å². The van der Waals surface area contributed by atoms with Gasteiger partial charge in [0.25, 0.3) is 5.91 Å². The maximum atomic E-state index is 13.4. The average Bonchev–Trinajstić information content (AvgIpc) is 3.38. The molecule has 3 aromatic rings. The third kappa shape index (κ3) is 6.27. The third-order valence-electron chi connectivity index (χ3n) is 6.05. The molecule has 1 unspecified atom stereocenters. The predicted octanol–water partition coefficient (Wildman–Crippen LogP) is 5.90. The van der Waals surface area contributed by atoms with Crippen molar-refractivity contribution >= 4 is 27.7 Å². The lowest BCUT2D eigenvalue weighted by atomic mass is 10.0. The second-order valence-electron chi connectivity index (χ2n) is 8.61. The predicted molar refractivity (Wildman–Crippen MR) is 133 cm³/mol. The topological polar surface area (TPSA) is 79.5 Å². The molecule has 0 spiro atoms. The summed E-state index contributed by atoms with van der Waals surface area (Å²) >= 11 is 3.38. The second kappa shape index (κ2) is 11.3. The van der Waals surface area contributed by atoms with Crippen molar-refractivity contribution in [1.82, 2.24) is 19.9 Å². The molecule has 37 heavy (non-hydrogen) atoms. The Hall–Kier alpha value is -3.47. The van der Waals surface area contributed by atoms with Crippen LogP contribution < -0.4 is 0 Å². The Morgan fingerprint density at radius 1 is 1.19 bits per heavy atom. The fourth-order valence-corrected chi connectivity index (χ4v) is 4.48. The summed E-state index contributed by atoms with van der Waals surface area (Å²) < 4.78 is 45.8. The summed E-state index contributed by atoms with van der Waals surface area (Å²) in [6.45, 7) is 3.71. The summed E-state index contributed by atoms with van der Waals surface area (Å²) in [6, 6.07) is 11.1. The third-order valence-corrected chi connectivity index (χ3v) is 6.58. The smallest absolute Gasteiger partial charge is 0.337 e. The number of amides is 2. The summed E-state index contributed by atoms with van der Waals surface area (Å²) in [5, 5.41) is 4.06. The standard InChI is InChI=1S/C26H24BrF3N4O3/c1-2-13-33(25(36)18-6-5-7-19(15-18)26(28,29)30)16-22(35)34-14-4-3-8-21(34)24-31-23(32-37-24)17-9-11-20(27)12-10-17/h2,5-7,9-12,15,21H,1,3-4,8,13-14,16H2. The summed E-state index contributed by atoms with van der Waals surface area (Å²) in [5.74, 6) is -0.364. The van der Waals surface area contributed by atoms with Crippen molar-refractivity contribution in [3.63, 3.8) is 0 Å². The lowest BCUT2D eigenvalue weighted by Crippen LogP contribution is -2.46. The summed E-state index contributed by atoms with van der Waals surface area (Å²) in [5.41, 5.74) is -0.330. The molecule has 0 aliphatic carbocycles. The number of piperidine rings is 1. The largest absolute Gasteiger partial charge is 0.416 e. The van der Waals surface area contributed by atoms with E-state index in [2.05, 4.69) is 32.6 Å². The summed E-state index contributed by atoms with van der Waals surface area (Å²) in [6.07, 6.45) is -0.940. The van der Waals surface area contributed by atoms with Gasteiger partial charge < -0.3 is 14.3 Å². The Kier molecular flexibility index (Phi) is 8.11. The van der Waals surface area contributed by atoms with Crippen molar-refractivity contribution in [3.05, 3.63) is 82.7 Å². The molecule has 1 aliphatic heterocycles. The van der Waals surface area contributed by atoms with Crippen LogP contribution in [0.2, 0.25) is 0 Å². The minimum absolute atomic E-state index is 0.00635. The normalized spacial score (nSPS) is 15.9. The number of carbonyl (C=O) groups is 2. The van der Waals surface area contributed by atoms with Crippen LogP contribution in [0, 0.1) is 0 Å². The van der Waals surface area contributed by atoms with Gasteiger partial charge in [-0.2, -0.15) is 18.2 Å². The molecule has 11 heteroatoms. The van der Waals surface area contributed by atoms with Crippen LogP contribution in [-0.4, -0.2) is 51.4 Å². The van der Waals surface area contributed by atoms with Gasteiger partial charge in [-0.3, -0.25) is 9.59 Å². The zero-order valence-corrected chi connectivity index (χ0v) is 21.3. The van der Waals surface area contributed by atoms with E-state index in [4.69, 9.17) is 4.52 Å². The highest BCUT2D eigenvalue weighted by Gasteiger charge is 2.34. The minimum Gasteiger partial charge on any atom is -0.337 e. The maximum Gasteiger partial charge on any atom is 0.416 e. The summed E-state index contributed by atoms with van der Waals surface area (Å²) in [7, 11) is 0. The van der Waals surface area contributed by atoms with Crippen LogP contribution in [0.1, 0.15) is 47.1 Å². The number of hydrogen-bond donors (Lipinski definition) is 0. The Morgan fingerprint density at radius 2 is 1.95 bits per heavy atom. The van der Waals surface area contributed by atoms with Crippen LogP contribution in [0.25, 0.3) is 11.4 Å². The summed E-state index contributed by atoms with van der Waals surface area (Å²) in [4.78, 5) is 33.7. The molecule has 0 bridgehead atoms. The molecule has 7 nitrogen and oxygen atoms in total. The van der Waals surface area contributed by atoms with Crippen LogP contribution in [0.4, 0.5) is 13.2 Å². The van der Waals surface area contributed by atoms with E-state index in [1.54, 1.807) is 4.90 Å². The van der Waals surface area contributed by atoms with Gasteiger partial charge in [-0.1, -0.05) is 33.2 Å². The zero-order valence-electron chi connectivity index (χ0n) is 19.7. The first-order chi connectivity index (χ1) is 17.7. The molecule has 2 aromatic carbocycles. The lowest BCUT2D eigenvalue weighted by Gasteiger charge is -2.35. The Bertz CT molecular complexity index is 1280. The first-order valence-electron chi connectivity index (χ1n) is 11.6. The fraction of sp³-hybridized carbons (Fsp3) is 0.308. The van der Waals surface area contributed by atoms with Crippen molar-refractivity contribution in [2.45, 2.75) is 31.5 Å². The lowest BCUT2D eigenvalue weighted by molar-refractivity contribution is -0.138. The molecule has 2 heterocycles. The van der Waals surface area contributed by atoms with Crippen LogP contribution >= 0.6 is 15.9 Å². The number of alkyl halides is 3. The molecule has 0 saturated carbocycles. The second-order valence-corrected chi connectivity index (χ2v) is 9.53. The van der Waals surface area contributed by atoms with Crippen LogP contribution in [0.15, 0.2) is 70.2 Å². The number of rotatable bonds is 7. The average molecular weight is 577 g/mol. The van der Waals surface area contributed by atoms with Gasteiger partial charge in [0, 0.05) is 28.7 Å². The highest BCUT2D eigenvalue weighted by atomic mass is 79.9. The van der Waals surface area contributed by atoms with Crippen LogP contribution in [0.5, 0.6) is 0 Å². The van der Waals surface area contributed by atoms with Crippen LogP contribution in [0.3, 0.4) is 0 Å². The molecule has 1 saturated heterocycles. The van der Waals surface area contributed by atoms with Gasteiger partial charge in [0.2, 0.25) is 17.6 Å². The monoisotopic (exact) mass is 576 g/mol. The molecular formula is C26H24BrF3N4O3. The number of aromatic nitrogens is 2. The molecule has 1 fully saturated rings. The van der Waals surface area contributed by atoms with Gasteiger partial charge in [0.15, 0.2) is 0 Å². The molecular weight excluding hydrogens is 553 g/mol. The number of hydrogen-bond acceptors (Lipinski definition) is 5. The van der Waals surface area contributed by atoms with Gasteiger partial charge in [0.1, 0.15) is 12.6 Å².